The minimum absolute atomic E-state index is 0.0195. The van der Waals surface area contributed by atoms with Crippen LogP contribution in [0.25, 0.3) is 0 Å². The number of carbonyl (C=O) groups excluding carboxylic acids is 1. The van der Waals surface area contributed by atoms with Crippen molar-refractivity contribution < 1.29 is 14.3 Å². The van der Waals surface area contributed by atoms with Crippen molar-refractivity contribution in [3.63, 3.8) is 0 Å². The lowest BCUT2D eigenvalue weighted by Gasteiger charge is -2.15. The summed E-state index contributed by atoms with van der Waals surface area (Å²) in [6, 6.07) is 3.55. The Bertz CT molecular complexity index is 479. The summed E-state index contributed by atoms with van der Waals surface area (Å²) in [6.45, 7) is 5.02. The lowest BCUT2D eigenvalue weighted by Crippen LogP contribution is -2.40. The number of aromatic nitrogens is 1. The number of hydrogen-bond acceptors (Lipinski definition) is 5. The predicted octanol–water partition coefficient (Wildman–Crippen LogP) is 0.862. The van der Waals surface area contributed by atoms with Gasteiger partial charge in [-0.3, -0.25) is 4.79 Å². The molecule has 21 heavy (non-hydrogen) atoms. The van der Waals surface area contributed by atoms with Crippen LogP contribution in [0, 0.1) is 0 Å². The summed E-state index contributed by atoms with van der Waals surface area (Å²) in [5.74, 6) is 0.552. The molecule has 116 valence electrons. The number of methoxy groups -OCH3 is 1. The molecule has 2 N–H and O–H groups in total. The first kappa shape index (κ1) is 15.7. The van der Waals surface area contributed by atoms with Crippen molar-refractivity contribution in [1.82, 2.24) is 15.6 Å². The highest BCUT2D eigenvalue weighted by atomic mass is 16.5. The Hall–Kier alpha value is -1.66. The predicted molar refractivity (Wildman–Crippen MR) is 79.1 cm³/mol. The Morgan fingerprint density at radius 3 is 3.05 bits per heavy atom. The first-order valence-electron chi connectivity index (χ1n) is 7.24. The molecule has 2 unspecified atom stereocenters. The van der Waals surface area contributed by atoms with Crippen LogP contribution >= 0.6 is 0 Å². The molecule has 1 aromatic rings. The molecule has 0 radical (unpaired) electrons. The fraction of sp³-hybridized carbons (Fsp3) is 0.600. The van der Waals surface area contributed by atoms with Crippen LogP contribution in [0.1, 0.15) is 25.8 Å². The Kier molecular flexibility index (Phi) is 5.52. The van der Waals surface area contributed by atoms with Gasteiger partial charge in [0.1, 0.15) is 0 Å². The number of pyridine rings is 1. The van der Waals surface area contributed by atoms with E-state index < -0.39 is 0 Å². The molecule has 0 aromatic carbocycles. The van der Waals surface area contributed by atoms with E-state index in [0.717, 1.165) is 5.56 Å². The summed E-state index contributed by atoms with van der Waals surface area (Å²) < 4.78 is 10.9. The van der Waals surface area contributed by atoms with Crippen molar-refractivity contribution in [3.05, 3.63) is 23.9 Å². The maximum Gasteiger partial charge on any atom is 0.237 e. The summed E-state index contributed by atoms with van der Waals surface area (Å²) in [5.41, 5.74) is 0.876. The third-order valence-electron chi connectivity index (χ3n) is 3.39. The van der Waals surface area contributed by atoms with E-state index in [9.17, 15) is 4.79 Å². The van der Waals surface area contributed by atoms with Crippen LogP contribution in [0.3, 0.4) is 0 Å². The van der Waals surface area contributed by atoms with Gasteiger partial charge in [0.25, 0.3) is 0 Å². The SMILES string of the molecule is COC1CNC(C(=O)NCc2cccnc2OC(C)C)C1. The van der Waals surface area contributed by atoms with E-state index in [1.807, 2.05) is 26.0 Å². The molecular weight excluding hydrogens is 270 g/mol. The van der Waals surface area contributed by atoms with Gasteiger partial charge in [0.2, 0.25) is 11.8 Å². The van der Waals surface area contributed by atoms with E-state index in [2.05, 4.69) is 15.6 Å². The highest BCUT2D eigenvalue weighted by molar-refractivity contribution is 5.82. The van der Waals surface area contributed by atoms with Gasteiger partial charge in [-0.2, -0.15) is 0 Å². The molecule has 1 fully saturated rings. The molecule has 0 saturated carbocycles. The van der Waals surface area contributed by atoms with Crippen molar-refractivity contribution in [2.75, 3.05) is 13.7 Å². The second-order valence-electron chi connectivity index (χ2n) is 5.41. The van der Waals surface area contributed by atoms with E-state index in [-0.39, 0.29) is 24.2 Å². The number of nitrogens with zero attached hydrogens (tertiary/aromatic N) is 1. The topological polar surface area (TPSA) is 72.5 Å². The minimum Gasteiger partial charge on any atom is -0.475 e. The molecule has 1 aromatic heterocycles. The number of nitrogens with one attached hydrogen (secondary N) is 2. The zero-order valence-electron chi connectivity index (χ0n) is 12.8. The quantitative estimate of drug-likeness (QED) is 0.814. The number of amides is 1. The third kappa shape index (κ3) is 4.41. The van der Waals surface area contributed by atoms with E-state index in [0.29, 0.717) is 25.4 Å². The van der Waals surface area contributed by atoms with E-state index in [4.69, 9.17) is 9.47 Å². The van der Waals surface area contributed by atoms with E-state index in [1.54, 1.807) is 13.3 Å². The molecule has 1 aliphatic rings. The molecule has 0 aliphatic carbocycles. The molecular formula is C15H23N3O3. The highest BCUT2D eigenvalue weighted by Gasteiger charge is 2.29. The number of carbonyl (C=O) groups is 1. The van der Waals surface area contributed by atoms with Crippen LogP contribution in [0.5, 0.6) is 5.88 Å². The van der Waals surface area contributed by atoms with Crippen molar-refractivity contribution >= 4 is 5.91 Å². The fourth-order valence-electron chi connectivity index (χ4n) is 2.28. The minimum atomic E-state index is -0.193. The maximum absolute atomic E-state index is 12.1. The molecule has 6 nitrogen and oxygen atoms in total. The van der Waals surface area contributed by atoms with Gasteiger partial charge in [0.05, 0.1) is 18.2 Å². The average Bonchev–Trinajstić information content (AvgIpc) is 2.94. The van der Waals surface area contributed by atoms with E-state index in [1.165, 1.54) is 0 Å². The van der Waals surface area contributed by atoms with Gasteiger partial charge in [0.15, 0.2) is 0 Å². The lowest BCUT2D eigenvalue weighted by molar-refractivity contribution is -0.123. The molecule has 0 spiro atoms. The second-order valence-corrected chi connectivity index (χ2v) is 5.41. The molecule has 6 heteroatoms. The van der Waals surface area contributed by atoms with Crippen LogP contribution in [0.4, 0.5) is 0 Å². The fourth-order valence-corrected chi connectivity index (χ4v) is 2.28. The van der Waals surface area contributed by atoms with Crippen molar-refractivity contribution in [1.29, 1.82) is 0 Å². The summed E-state index contributed by atoms with van der Waals surface area (Å²) >= 11 is 0. The number of hydrogen-bond donors (Lipinski definition) is 2. The van der Waals surface area contributed by atoms with E-state index >= 15 is 0 Å². The van der Waals surface area contributed by atoms with Gasteiger partial charge < -0.3 is 20.1 Å². The lowest BCUT2D eigenvalue weighted by atomic mass is 10.2. The molecule has 2 rings (SSSR count). The summed E-state index contributed by atoms with van der Waals surface area (Å²) in [5, 5.41) is 6.08. The summed E-state index contributed by atoms with van der Waals surface area (Å²) in [6.07, 6.45) is 2.54. The van der Waals surface area contributed by atoms with Gasteiger partial charge in [-0.1, -0.05) is 6.07 Å². The van der Waals surface area contributed by atoms with Gasteiger partial charge in [0, 0.05) is 32.0 Å². The highest BCUT2D eigenvalue weighted by Crippen LogP contribution is 2.16. The van der Waals surface area contributed by atoms with Gasteiger partial charge in [-0.25, -0.2) is 4.98 Å². The Morgan fingerprint density at radius 1 is 1.57 bits per heavy atom. The Balaban J connectivity index is 1.89. The van der Waals surface area contributed by atoms with Crippen molar-refractivity contribution in [2.45, 2.75) is 45.1 Å². The van der Waals surface area contributed by atoms with Crippen LogP contribution in [0.15, 0.2) is 18.3 Å². The molecule has 2 heterocycles. The monoisotopic (exact) mass is 293 g/mol. The zero-order valence-corrected chi connectivity index (χ0v) is 12.8. The molecule has 0 bridgehead atoms. The Morgan fingerprint density at radius 2 is 2.38 bits per heavy atom. The largest absolute Gasteiger partial charge is 0.475 e. The first-order chi connectivity index (χ1) is 10.1. The van der Waals surface area contributed by atoms with Gasteiger partial charge in [-0.05, 0) is 26.3 Å². The standard InChI is InChI=1S/C15H23N3O3/c1-10(2)21-15-11(5-4-6-16-15)8-18-14(19)13-7-12(20-3)9-17-13/h4-6,10,12-13,17H,7-9H2,1-3H3,(H,18,19). The van der Waals surface area contributed by atoms with Crippen molar-refractivity contribution in [2.24, 2.45) is 0 Å². The van der Waals surface area contributed by atoms with Crippen molar-refractivity contribution in [3.8, 4) is 5.88 Å². The van der Waals surface area contributed by atoms with Crippen LogP contribution < -0.4 is 15.4 Å². The number of ether oxygens (including phenoxy) is 2. The Labute approximate surface area is 125 Å². The van der Waals surface area contributed by atoms with Gasteiger partial charge >= 0.3 is 0 Å². The van der Waals surface area contributed by atoms with Crippen LogP contribution in [0.2, 0.25) is 0 Å². The molecule has 1 amide bonds. The zero-order chi connectivity index (χ0) is 15.2. The molecule has 2 atom stereocenters. The van der Waals surface area contributed by atoms with Crippen LogP contribution in [-0.2, 0) is 16.1 Å². The van der Waals surface area contributed by atoms with Crippen LogP contribution in [-0.4, -0.2) is 42.8 Å². The number of rotatable bonds is 6. The maximum atomic E-state index is 12.1. The third-order valence-corrected chi connectivity index (χ3v) is 3.39. The van der Waals surface area contributed by atoms with Gasteiger partial charge in [-0.15, -0.1) is 0 Å². The summed E-state index contributed by atoms with van der Waals surface area (Å²) in [7, 11) is 1.66. The first-order valence-corrected chi connectivity index (χ1v) is 7.24. The molecule has 1 saturated heterocycles. The summed E-state index contributed by atoms with van der Waals surface area (Å²) in [4.78, 5) is 16.3. The normalized spacial score (nSPS) is 21.5. The average molecular weight is 293 g/mol. The smallest absolute Gasteiger partial charge is 0.237 e. The second kappa shape index (κ2) is 7.38. The molecule has 1 aliphatic heterocycles.